The number of hydrogen-bond acceptors (Lipinski definition) is 8. The predicted octanol–water partition coefficient (Wildman–Crippen LogP) is 0.123. The number of hydrogen-bond donors (Lipinski definition) is 7. The van der Waals surface area contributed by atoms with E-state index in [1.165, 1.54) is 29.2 Å². The maximum Gasteiger partial charge on any atom is 0.524 e. The lowest BCUT2D eigenvalue weighted by Gasteiger charge is -2.31. The van der Waals surface area contributed by atoms with Crippen molar-refractivity contribution in [3.05, 3.63) is 65.7 Å². The zero-order valence-corrected chi connectivity index (χ0v) is 26.6. The number of nitrogens with one attached hydrogen (secondary N) is 3. The molecule has 5 atom stereocenters. The molecule has 2 aliphatic heterocycles. The number of rotatable bonds is 14. The van der Waals surface area contributed by atoms with Crippen LogP contribution in [0.5, 0.6) is 5.75 Å². The molecule has 2 aliphatic rings. The van der Waals surface area contributed by atoms with E-state index in [2.05, 4.69) is 20.5 Å². The van der Waals surface area contributed by atoms with Crippen LogP contribution >= 0.6 is 7.82 Å². The van der Waals surface area contributed by atoms with Crippen molar-refractivity contribution in [1.82, 2.24) is 20.9 Å². The summed E-state index contributed by atoms with van der Waals surface area (Å²) in [7, 11) is -4.71. The minimum atomic E-state index is -4.71. The van der Waals surface area contributed by atoms with Gasteiger partial charge in [0.05, 0.1) is 6.04 Å². The molecular formula is C31H41N6O9P. The fraction of sp³-hybridized carbons (Fsp3) is 0.452. The van der Waals surface area contributed by atoms with Gasteiger partial charge in [-0.05, 0) is 68.2 Å². The van der Waals surface area contributed by atoms with Crippen molar-refractivity contribution in [3.63, 3.8) is 0 Å². The van der Waals surface area contributed by atoms with E-state index in [1.807, 2.05) is 30.3 Å². The van der Waals surface area contributed by atoms with Crippen LogP contribution < -0.4 is 31.9 Å². The van der Waals surface area contributed by atoms with Gasteiger partial charge in [-0.25, -0.2) is 4.57 Å². The second-order valence-electron chi connectivity index (χ2n) is 11.8. The average molecular weight is 673 g/mol. The Morgan fingerprint density at radius 2 is 1.66 bits per heavy atom. The number of phosphoric acid groups is 1. The van der Waals surface area contributed by atoms with Crippen LogP contribution in [0.4, 0.5) is 0 Å². The highest BCUT2D eigenvalue weighted by atomic mass is 31.2. The number of nitrogens with two attached hydrogens (primary N) is 2. The zero-order chi connectivity index (χ0) is 34.1. The van der Waals surface area contributed by atoms with E-state index in [4.69, 9.17) is 21.3 Å². The van der Waals surface area contributed by atoms with Crippen LogP contribution in [0, 0.1) is 0 Å². The van der Waals surface area contributed by atoms with Gasteiger partial charge in [-0.1, -0.05) is 42.5 Å². The number of carbonyl (C=O) groups is 5. The van der Waals surface area contributed by atoms with E-state index in [0.29, 0.717) is 37.7 Å². The fourth-order valence-electron chi connectivity index (χ4n) is 5.93. The lowest BCUT2D eigenvalue weighted by molar-refractivity contribution is -0.143. The molecule has 15 nitrogen and oxygen atoms in total. The third kappa shape index (κ3) is 10.3. The summed E-state index contributed by atoms with van der Waals surface area (Å²) in [6.45, 7) is 0.221. The Morgan fingerprint density at radius 3 is 2.32 bits per heavy atom. The molecule has 5 amide bonds. The van der Waals surface area contributed by atoms with E-state index in [1.54, 1.807) is 0 Å². The van der Waals surface area contributed by atoms with Crippen LogP contribution in [0.3, 0.4) is 0 Å². The molecule has 2 aromatic rings. The van der Waals surface area contributed by atoms with Crippen molar-refractivity contribution in [2.45, 2.75) is 88.1 Å². The smallest absolute Gasteiger partial charge is 0.404 e. The topological polar surface area (TPSA) is 243 Å². The van der Waals surface area contributed by atoms with E-state index in [9.17, 15) is 28.5 Å². The summed E-state index contributed by atoms with van der Waals surface area (Å²) in [6, 6.07) is 10.9. The molecule has 0 bridgehead atoms. The van der Waals surface area contributed by atoms with E-state index in [0.717, 1.165) is 5.56 Å². The maximum absolute atomic E-state index is 13.8. The van der Waals surface area contributed by atoms with Crippen molar-refractivity contribution in [2.75, 3.05) is 0 Å². The number of nitrogens with zero attached hydrogens (tertiary/aromatic N) is 1. The quantitative estimate of drug-likeness (QED) is 0.134. The first kappa shape index (κ1) is 35.6. The highest BCUT2D eigenvalue weighted by Gasteiger charge is 2.45. The Bertz CT molecular complexity index is 1490. The van der Waals surface area contributed by atoms with Gasteiger partial charge in [0.1, 0.15) is 23.9 Å². The normalized spacial score (nSPS) is 20.7. The molecule has 254 valence electrons. The Morgan fingerprint density at radius 1 is 0.957 bits per heavy atom. The van der Waals surface area contributed by atoms with Crippen molar-refractivity contribution < 1.29 is 42.8 Å². The molecule has 0 unspecified atom stereocenters. The number of benzene rings is 2. The van der Waals surface area contributed by atoms with Gasteiger partial charge in [-0.3, -0.25) is 33.8 Å². The standard InChI is InChI=1S/C31H41N6O9P/c32-23(17-19-9-12-22(13-10-19)46-47(43,44)45)28(39)36-25-8-4-7-21-11-15-26(37(21)31(25)42)30(41)35-24(14-16-27(33)38)29(40)34-18-20-5-2-1-3-6-20/h1-3,5-6,9-10,12-13,21,23-26H,4,7-8,11,14-18,32H2,(H2,33,38)(H,34,40)(H,35,41)(H,36,39)(H2,43,44,45)/t21-,23-,24-,25-,26-/m0/s1. The van der Waals surface area contributed by atoms with Gasteiger partial charge in [0, 0.05) is 19.0 Å². The molecule has 0 radical (unpaired) electrons. The first-order chi connectivity index (χ1) is 22.3. The lowest BCUT2D eigenvalue weighted by atomic mass is 10.0. The molecule has 2 heterocycles. The minimum Gasteiger partial charge on any atom is -0.404 e. The third-order valence-electron chi connectivity index (χ3n) is 8.27. The van der Waals surface area contributed by atoms with Crippen molar-refractivity contribution >= 4 is 37.4 Å². The van der Waals surface area contributed by atoms with Crippen molar-refractivity contribution in [2.24, 2.45) is 11.5 Å². The fourth-order valence-corrected chi connectivity index (χ4v) is 6.33. The maximum atomic E-state index is 13.8. The summed E-state index contributed by atoms with van der Waals surface area (Å²) in [6.07, 6.45) is 2.53. The molecule has 0 spiro atoms. The lowest BCUT2D eigenvalue weighted by Crippen LogP contribution is -2.58. The van der Waals surface area contributed by atoms with Gasteiger partial charge >= 0.3 is 7.82 Å². The van der Waals surface area contributed by atoms with Crippen molar-refractivity contribution in [3.8, 4) is 5.75 Å². The van der Waals surface area contributed by atoms with Crippen LogP contribution in [0.2, 0.25) is 0 Å². The Hall–Kier alpha value is -4.30. The minimum absolute atomic E-state index is 0.0121. The van der Waals surface area contributed by atoms with Gasteiger partial charge in [0.2, 0.25) is 29.5 Å². The SMILES string of the molecule is NC(=O)CC[C@H](NC(=O)[C@@H]1CC[C@@H]2CCC[C@H](NC(=O)[C@@H](N)Cc3ccc(OP(=O)(O)O)cc3)C(=O)N21)C(=O)NCc1ccccc1. The molecule has 2 saturated heterocycles. The highest BCUT2D eigenvalue weighted by molar-refractivity contribution is 7.46. The molecule has 47 heavy (non-hydrogen) atoms. The van der Waals surface area contributed by atoms with Gasteiger partial charge in [0.15, 0.2) is 0 Å². The molecule has 2 aromatic carbocycles. The van der Waals surface area contributed by atoms with Crippen LogP contribution in [0.25, 0.3) is 0 Å². The summed E-state index contributed by atoms with van der Waals surface area (Å²) in [5.41, 5.74) is 12.9. The summed E-state index contributed by atoms with van der Waals surface area (Å²) in [5, 5.41) is 8.25. The second kappa shape index (κ2) is 16.0. The summed E-state index contributed by atoms with van der Waals surface area (Å²) in [4.78, 5) is 84.4. The highest BCUT2D eigenvalue weighted by Crippen LogP contribution is 2.37. The third-order valence-corrected chi connectivity index (χ3v) is 8.72. The molecule has 0 aromatic heterocycles. The molecular weight excluding hydrogens is 631 g/mol. The van der Waals surface area contributed by atoms with Crippen LogP contribution in [0.1, 0.15) is 56.1 Å². The Labute approximate surface area is 272 Å². The number of fused-ring (bicyclic) bond motifs is 1. The van der Waals surface area contributed by atoms with E-state index < -0.39 is 61.5 Å². The van der Waals surface area contributed by atoms with Gasteiger partial charge in [0.25, 0.3) is 0 Å². The number of primary amides is 1. The monoisotopic (exact) mass is 672 g/mol. The second-order valence-corrected chi connectivity index (χ2v) is 13.0. The summed E-state index contributed by atoms with van der Waals surface area (Å²) >= 11 is 0. The summed E-state index contributed by atoms with van der Waals surface area (Å²) < 4.78 is 15.5. The number of amides is 5. The van der Waals surface area contributed by atoms with Gasteiger partial charge in [-0.2, -0.15) is 0 Å². The number of carbonyl (C=O) groups excluding carboxylic acids is 5. The first-order valence-electron chi connectivity index (χ1n) is 15.4. The Balaban J connectivity index is 1.38. The van der Waals surface area contributed by atoms with E-state index >= 15 is 0 Å². The van der Waals surface area contributed by atoms with Crippen LogP contribution in [-0.2, 0) is 41.5 Å². The molecule has 0 saturated carbocycles. The molecule has 0 aliphatic carbocycles. The largest absolute Gasteiger partial charge is 0.524 e. The first-order valence-corrected chi connectivity index (χ1v) is 17.0. The Kier molecular flexibility index (Phi) is 12.1. The van der Waals surface area contributed by atoms with Gasteiger partial charge < -0.3 is 36.8 Å². The van der Waals surface area contributed by atoms with Crippen LogP contribution in [0.15, 0.2) is 54.6 Å². The molecule has 2 fully saturated rings. The molecule has 4 rings (SSSR count). The molecule has 16 heteroatoms. The van der Waals surface area contributed by atoms with E-state index in [-0.39, 0.29) is 37.6 Å². The molecule has 9 N–H and O–H groups in total. The van der Waals surface area contributed by atoms with Crippen molar-refractivity contribution in [1.29, 1.82) is 0 Å². The average Bonchev–Trinajstić information content (AvgIpc) is 3.39. The summed E-state index contributed by atoms with van der Waals surface area (Å²) in [5.74, 6) is -2.66. The number of phosphoric ester groups is 1. The predicted molar refractivity (Wildman–Crippen MR) is 169 cm³/mol. The zero-order valence-electron chi connectivity index (χ0n) is 25.7. The van der Waals surface area contributed by atoms with Gasteiger partial charge in [-0.15, -0.1) is 0 Å². The van der Waals surface area contributed by atoms with Crippen LogP contribution in [-0.4, -0.2) is 74.4 Å².